The summed E-state index contributed by atoms with van der Waals surface area (Å²) in [5, 5.41) is 7.74. The van der Waals surface area contributed by atoms with Crippen molar-refractivity contribution in [3.63, 3.8) is 0 Å². The predicted octanol–water partition coefficient (Wildman–Crippen LogP) is 2.15. The molecule has 2 atom stereocenters. The molecule has 1 aliphatic carbocycles. The third-order valence-electron chi connectivity index (χ3n) is 4.03. The van der Waals surface area contributed by atoms with Crippen molar-refractivity contribution in [1.82, 2.24) is 20.1 Å². The van der Waals surface area contributed by atoms with Crippen LogP contribution in [0.5, 0.6) is 0 Å². The van der Waals surface area contributed by atoms with Crippen LogP contribution in [-0.4, -0.2) is 14.8 Å². The van der Waals surface area contributed by atoms with Crippen molar-refractivity contribution >= 4 is 0 Å². The molecule has 0 unspecified atom stereocenters. The van der Waals surface area contributed by atoms with Crippen LogP contribution < -0.4 is 5.32 Å². The second kappa shape index (κ2) is 4.78. The lowest BCUT2D eigenvalue weighted by molar-refractivity contribution is 0.406. The van der Waals surface area contributed by atoms with Crippen molar-refractivity contribution in [2.75, 3.05) is 0 Å². The molecular weight excluding hydrogens is 236 g/mol. The monoisotopic (exact) mass is 256 g/mol. The van der Waals surface area contributed by atoms with Crippen LogP contribution in [0.3, 0.4) is 0 Å². The van der Waals surface area contributed by atoms with Gasteiger partial charge in [-0.2, -0.15) is 5.10 Å². The Kier molecular flexibility index (Phi) is 3.11. The molecule has 1 aromatic heterocycles. The Morgan fingerprint density at radius 1 is 1.42 bits per heavy atom. The van der Waals surface area contributed by atoms with Gasteiger partial charge < -0.3 is 5.32 Å². The molecule has 4 nitrogen and oxygen atoms in total. The van der Waals surface area contributed by atoms with Crippen molar-refractivity contribution < 1.29 is 0 Å². The van der Waals surface area contributed by atoms with Crippen LogP contribution in [0.4, 0.5) is 0 Å². The highest BCUT2D eigenvalue weighted by Crippen LogP contribution is 2.36. The normalized spacial score (nSPS) is 21.6. The molecule has 1 aromatic carbocycles. The quantitative estimate of drug-likeness (QED) is 0.915. The van der Waals surface area contributed by atoms with Gasteiger partial charge in [0, 0.05) is 13.1 Å². The number of hydrogen-bond acceptors (Lipinski definition) is 3. The molecule has 4 heteroatoms. The predicted molar refractivity (Wildman–Crippen MR) is 74.6 cm³/mol. The number of aromatic nitrogens is 3. The fourth-order valence-corrected chi connectivity index (χ4v) is 2.95. The van der Waals surface area contributed by atoms with E-state index in [1.54, 1.807) is 6.33 Å². The fraction of sp³-hybridized carbons (Fsp3) is 0.467. The van der Waals surface area contributed by atoms with Crippen molar-refractivity contribution in [3.8, 4) is 0 Å². The Labute approximate surface area is 113 Å². The number of rotatable bonds is 3. The topological polar surface area (TPSA) is 42.7 Å². The smallest absolute Gasteiger partial charge is 0.140 e. The molecule has 0 radical (unpaired) electrons. The highest BCUT2D eigenvalue weighted by molar-refractivity contribution is 5.38. The van der Waals surface area contributed by atoms with Crippen LogP contribution in [0, 0.1) is 12.8 Å². The first-order valence-corrected chi connectivity index (χ1v) is 6.81. The van der Waals surface area contributed by atoms with Gasteiger partial charge in [0.05, 0.1) is 6.54 Å². The first-order chi connectivity index (χ1) is 9.15. The molecule has 0 saturated heterocycles. The summed E-state index contributed by atoms with van der Waals surface area (Å²) in [4.78, 5) is 4.26. The van der Waals surface area contributed by atoms with E-state index < -0.39 is 0 Å². The molecule has 1 N–H and O–H groups in total. The lowest BCUT2D eigenvalue weighted by atomic mass is 10.0. The molecule has 0 fully saturated rings. The van der Waals surface area contributed by atoms with Crippen molar-refractivity contribution in [3.05, 3.63) is 47.0 Å². The van der Waals surface area contributed by atoms with E-state index in [0.29, 0.717) is 12.0 Å². The van der Waals surface area contributed by atoms with Gasteiger partial charge in [-0.15, -0.1) is 0 Å². The van der Waals surface area contributed by atoms with Gasteiger partial charge in [-0.1, -0.05) is 30.7 Å². The van der Waals surface area contributed by atoms with E-state index >= 15 is 0 Å². The highest BCUT2D eigenvalue weighted by atomic mass is 15.3. The third-order valence-corrected chi connectivity index (χ3v) is 4.03. The summed E-state index contributed by atoms with van der Waals surface area (Å²) < 4.78 is 1.82. The molecular formula is C15H20N4. The summed E-state index contributed by atoms with van der Waals surface area (Å²) in [6.07, 6.45) is 2.76. The molecule has 1 aliphatic rings. The van der Waals surface area contributed by atoms with Crippen molar-refractivity contribution in [2.24, 2.45) is 13.0 Å². The number of benzene rings is 1. The van der Waals surface area contributed by atoms with Crippen LogP contribution in [0.25, 0.3) is 0 Å². The number of hydrogen-bond donors (Lipinski definition) is 1. The fourth-order valence-electron chi connectivity index (χ4n) is 2.95. The van der Waals surface area contributed by atoms with Crippen molar-refractivity contribution in [1.29, 1.82) is 0 Å². The zero-order valence-electron chi connectivity index (χ0n) is 11.7. The SMILES string of the molecule is Cc1ccc2c(c1)[C@H](NCc1ncnn1C)[C@@H](C)C2. The van der Waals surface area contributed by atoms with E-state index in [9.17, 15) is 0 Å². The molecule has 100 valence electrons. The first-order valence-electron chi connectivity index (χ1n) is 6.81. The molecule has 19 heavy (non-hydrogen) atoms. The maximum atomic E-state index is 4.26. The van der Waals surface area contributed by atoms with Crippen LogP contribution in [0.15, 0.2) is 24.5 Å². The zero-order valence-corrected chi connectivity index (χ0v) is 11.7. The van der Waals surface area contributed by atoms with E-state index in [2.05, 4.69) is 47.4 Å². The first kappa shape index (κ1) is 12.4. The van der Waals surface area contributed by atoms with Gasteiger partial charge in [-0.25, -0.2) is 4.98 Å². The van der Waals surface area contributed by atoms with E-state index in [1.165, 1.54) is 16.7 Å². The standard InChI is InChI=1S/C15H20N4/c1-10-4-5-12-7-11(2)15(13(12)6-10)16-8-14-17-9-18-19(14)3/h4-6,9,11,15-16H,7-8H2,1-3H3/t11-,15+/m0/s1. The Morgan fingerprint density at radius 3 is 3.00 bits per heavy atom. The summed E-state index contributed by atoms with van der Waals surface area (Å²) >= 11 is 0. The van der Waals surface area contributed by atoms with Crippen LogP contribution in [-0.2, 0) is 20.0 Å². The minimum atomic E-state index is 0.423. The van der Waals surface area contributed by atoms with Crippen LogP contribution in [0.2, 0.25) is 0 Å². The van der Waals surface area contributed by atoms with Gasteiger partial charge in [0.25, 0.3) is 0 Å². The molecule has 0 aliphatic heterocycles. The second-order valence-electron chi connectivity index (χ2n) is 5.54. The van der Waals surface area contributed by atoms with E-state index in [1.807, 2.05) is 11.7 Å². The number of nitrogens with one attached hydrogen (secondary N) is 1. The Morgan fingerprint density at radius 2 is 2.26 bits per heavy atom. The van der Waals surface area contributed by atoms with Crippen LogP contribution >= 0.6 is 0 Å². The second-order valence-corrected chi connectivity index (χ2v) is 5.54. The lowest BCUT2D eigenvalue weighted by Gasteiger charge is -2.18. The van der Waals surface area contributed by atoms with E-state index in [0.717, 1.165) is 18.8 Å². The van der Waals surface area contributed by atoms with Gasteiger partial charge >= 0.3 is 0 Å². The van der Waals surface area contributed by atoms with E-state index in [4.69, 9.17) is 0 Å². The summed E-state index contributed by atoms with van der Waals surface area (Å²) in [7, 11) is 1.93. The summed E-state index contributed by atoms with van der Waals surface area (Å²) in [6.45, 7) is 5.23. The average molecular weight is 256 g/mol. The Bertz CT molecular complexity index is 588. The maximum absolute atomic E-state index is 4.26. The molecule has 3 rings (SSSR count). The number of aryl methyl sites for hydroxylation is 2. The van der Waals surface area contributed by atoms with Crippen LogP contribution in [0.1, 0.15) is 35.5 Å². The van der Waals surface area contributed by atoms with Gasteiger partial charge in [-0.05, 0) is 30.4 Å². The molecule has 2 aromatic rings. The summed E-state index contributed by atoms with van der Waals surface area (Å²) in [6, 6.07) is 7.21. The minimum absolute atomic E-state index is 0.423. The molecule has 0 spiro atoms. The molecule has 0 saturated carbocycles. The van der Waals surface area contributed by atoms with Gasteiger partial charge in [0.1, 0.15) is 12.2 Å². The van der Waals surface area contributed by atoms with Gasteiger partial charge in [0.2, 0.25) is 0 Å². The largest absolute Gasteiger partial charge is 0.303 e. The summed E-state index contributed by atoms with van der Waals surface area (Å²) in [5.41, 5.74) is 4.27. The lowest BCUT2D eigenvalue weighted by Crippen LogP contribution is -2.25. The Hall–Kier alpha value is -1.68. The average Bonchev–Trinajstić information content (AvgIpc) is 2.90. The zero-order chi connectivity index (χ0) is 13.4. The molecule has 0 amide bonds. The highest BCUT2D eigenvalue weighted by Gasteiger charge is 2.29. The van der Waals surface area contributed by atoms with E-state index in [-0.39, 0.29) is 0 Å². The van der Waals surface area contributed by atoms with Gasteiger partial charge in [-0.3, -0.25) is 4.68 Å². The number of nitrogens with zero attached hydrogens (tertiary/aromatic N) is 3. The summed E-state index contributed by atoms with van der Waals surface area (Å²) in [5.74, 6) is 1.61. The maximum Gasteiger partial charge on any atom is 0.140 e. The van der Waals surface area contributed by atoms with Crippen molar-refractivity contribution in [2.45, 2.75) is 32.9 Å². The Balaban J connectivity index is 1.79. The minimum Gasteiger partial charge on any atom is -0.303 e. The molecule has 1 heterocycles. The van der Waals surface area contributed by atoms with Gasteiger partial charge in [0.15, 0.2) is 0 Å². The third kappa shape index (κ3) is 2.28. The number of fused-ring (bicyclic) bond motifs is 1. The molecule has 0 bridgehead atoms.